The summed E-state index contributed by atoms with van der Waals surface area (Å²) in [7, 11) is 0. The molecule has 1 aromatic carbocycles. The van der Waals surface area contributed by atoms with Crippen molar-refractivity contribution in [2.45, 2.75) is 96.6 Å². The number of benzene rings is 1. The Labute approximate surface area is 310 Å². The number of carbonyl (C=O) groups excluding carboxylic acids is 4. The summed E-state index contributed by atoms with van der Waals surface area (Å²) in [5.74, 6) is -1.73. The van der Waals surface area contributed by atoms with E-state index in [-0.39, 0.29) is 51.2 Å². The summed E-state index contributed by atoms with van der Waals surface area (Å²) in [5, 5.41) is 56.0. The van der Waals surface area contributed by atoms with Gasteiger partial charge < -0.3 is 21.1 Å². The van der Waals surface area contributed by atoms with Crippen molar-refractivity contribution in [2.75, 3.05) is 44.6 Å². The maximum absolute atomic E-state index is 12.2. The zero-order valence-corrected chi connectivity index (χ0v) is 31.0. The highest BCUT2D eigenvalue weighted by Crippen LogP contribution is 2.15. The van der Waals surface area contributed by atoms with Crippen molar-refractivity contribution in [1.82, 2.24) is 31.1 Å². The summed E-state index contributed by atoms with van der Waals surface area (Å²) < 4.78 is 0. The monoisotopic (exact) mass is 754 g/mol. The molecule has 51 heavy (non-hydrogen) atoms. The molecule has 0 saturated carbocycles. The minimum Gasteiger partial charge on any atom is -0.379 e. The number of thiocarbonyl (C=S) groups is 2. The van der Waals surface area contributed by atoms with Gasteiger partial charge in [-0.2, -0.15) is 4.99 Å². The lowest BCUT2D eigenvalue weighted by atomic mass is 10.2. The number of hydroxylamine groups is 6. The van der Waals surface area contributed by atoms with Crippen molar-refractivity contribution < 1.29 is 39.9 Å². The van der Waals surface area contributed by atoms with E-state index in [2.05, 4.69) is 43.6 Å². The molecule has 0 fully saturated rings. The molecule has 1 unspecified atom stereocenters. The van der Waals surface area contributed by atoms with Crippen LogP contribution in [0.2, 0.25) is 0 Å². The molecule has 0 heterocycles. The summed E-state index contributed by atoms with van der Waals surface area (Å²) >= 11 is 9.88. The predicted molar refractivity (Wildman–Crippen MR) is 199 cm³/mol. The molecule has 286 valence electrons. The van der Waals surface area contributed by atoms with Gasteiger partial charge in [0.15, 0.2) is 5.11 Å². The lowest BCUT2D eigenvalue weighted by Gasteiger charge is -2.17. The first-order valence-electron chi connectivity index (χ1n) is 17.3. The summed E-state index contributed by atoms with van der Waals surface area (Å²) in [6.07, 6.45) is 5.07. The van der Waals surface area contributed by atoms with Crippen LogP contribution in [0, 0.1) is 0 Å². The van der Waals surface area contributed by atoms with Gasteiger partial charge in [0.25, 0.3) is 0 Å². The first-order valence-corrected chi connectivity index (χ1v) is 18.1. The van der Waals surface area contributed by atoms with Crippen LogP contribution < -0.4 is 21.3 Å². The Hall–Kier alpha value is -3.61. The molecule has 18 heteroatoms. The van der Waals surface area contributed by atoms with E-state index in [1.807, 2.05) is 12.1 Å². The molecule has 4 amide bonds. The highest BCUT2D eigenvalue weighted by molar-refractivity contribution is 7.80. The average molecular weight is 755 g/mol. The molecule has 1 rings (SSSR count). The molecule has 0 saturated heterocycles. The van der Waals surface area contributed by atoms with Crippen molar-refractivity contribution in [1.29, 1.82) is 0 Å². The third-order valence-corrected chi connectivity index (χ3v) is 7.90. The highest BCUT2D eigenvalue weighted by atomic mass is 32.1. The van der Waals surface area contributed by atoms with E-state index >= 15 is 0 Å². The minimum atomic E-state index is -0.914. The quantitative estimate of drug-likeness (QED) is 0.0161. The molecule has 16 nitrogen and oxygen atoms in total. The van der Waals surface area contributed by atoms with Gasteiger partial charge in [0.05, 0.1) is 10.8 Å². The Morgan fingerprint density at radius 2 is 1.27 bits per heavy atom. The number of nitrogens with zero attached hydrogens (tertiary/aromatic N) is 4. The number of amides is 4. The van der Waals surface area contributed by atoms with E-state index in [1.54, 1.807) is 12.1 Å². The Kier molecular flexibility index (Phi) is 25.0. The van der Waals surface area contributed by atoms with Gasteiger partial charge in [-0.05, 0) is 113 Å². The second-order valence-electron chi connectivity index (χ2n) is 11.8. The van der Waals surface area contributed by atoms with Crippen molar-refractivity contribution >= 4 is 69.7 Å². The maximum Gasteiger partial charge on any atom is 0.246 e. The molecule has 0 aliphatic rings. The SMILES string of the molecule is CC(=O)N(O)CCCCCNC(=O)CCC(=O)N(O)CCCCCNC(O)CCC(=O)N(O)CCCCCNC(=S)Nc1ccc(N=C=S)cc1. The van der Waals surface area contributed by atoms with Crippen molar-refractivity contribution in [3.63, 3.8) is 0 Å². The van der Waals surface area contributed by atoms with E-state index in [9.17, 15) is 39.9 Å². The van der Waals surface area contributed by atoms with Crippen LogP contribution >= 0.6 is 24.4 Å². The number of isothiocyanates is 1. The third kappa shape index (κ3) is 23.5. The van der Waals surface area contributed by atoms with Gasteiger partial charge in [0.2, 0.25) is 23.6 Å². The third-order valence-electron chi connectivity index (χ3n) is 7.56. The van der Waals surface area contributed by atoms with Crippen molar-refractivity contribution in [2.24, 2.45) is 4.99 Å². The standard InChI is InChI=1S/C33H54N8O8S2/c1-26(42)39(47)22-8-2-5-19-34-29(43)15-17-31(45)40(48)23-9-3-6-20-35-30(44)16-18-32(46)41(49)24-10-4-7-21-36-33(51)38-28-13-11-27(12-14-28)37-25-50/h11-14,30,35,44,47-49H,2-10,15-24H2,1H3,(H,34,43)(H2,36,38,51). The molecule has 8 N–H and O–H groups in total. The number of carbonyl (C=O) groups is 4. The van der Waals surface area contributed by atoms with Crippen LogP contribution in [0.25, 0.3) is 0 Å². The smallest absolute Gasteiger partial charge is 0.246 e. The fourth-order valence-electron chi connectivity index (χ4n) is 4.57. The largest absolute Gasteiger partial charge is 0.379 e. The minimum absolute atomic E-state index is 0.0175. The summed E-state index contributed by atoms with van der Waals surface area (Å²) in [6, 6.07) is 7.25. The number of hydrogen-bond acceptors (Lipinski definition) is 12. The molecule has 0 bridgehead atoms. The van der Waals surface area contributed by atoms with Crippen LogP contribution in [0.4, 0.5) is 11.4 Å². The highest BCUT2D eigenvalue weighted by Gasteiger charge is 2.15. The first-order chi connectivity index (χ1) is 24.4. The van der Waals surface area contributed by atoms with Gasteiger partial charge >= 0.3 is 0 Å². The molecule has 1 atom stereocenters. The number of hydrogen-bond donors (Lipinski definition) is 8. The molecule has 0 radical (unpaired) electrons. The number of anilines is 1. The Balaban J connectivity index is 2.01. The van der Waals surface area contributed by atoms with Crippen LogP contribution in [0.3, 0.4) is 0 Å². The van der Waals surface area contributed by atoms with Crippen molar-refractivity contribution in [3.05, 3.63) is 24.3 Å². The van der Waals surface area contributed by atoms with E-state index in [0.29, 0.717) is 90.6 Å². The summed E-state index contributed by atoms with van der Waals surface area (Å²) in [6.45, 7) is 3.33. The molecular formula is C33H54N8O8S2. The fourth-order valence-corrected chi connectivity index (χ4v) is 4.90. The Morgan fingerprint density at radius 3 is 1.84 bits per heavy atom. The van der Waals surface area contributed by atoms with E-state index in [1.165, 1.54) is 6.92 Å². The number of aliphatic hydroxyl groups excluding tert-OH is 1. The predicted octanol–water partition coefficient (Wildman–Crippen LogP) is 3.48. The van der Waals surface area contributed by atoms with Gasteiger partial charge in [0.1, 0.15) is 6.23 Å². The van der Waals surface area contributed by atoms with Gasteiger partial charge in [-0.3, -0.25) is 40.1 Å². The van der Waals surface area contributed by atoms with Crippen LogP contribution in [0.1, 0.15) is 90.4 Å². The number of aliphatic imine (C=N–C) groups is 1. The maximum atomic E-state index is 12.2. The normalized spacial score (nSPS) is 11.2. The Bertz CT molecular complexity index is 1250. The lowest BCUT2D eigenvalue weighted by molar-refractivity contribution is -0.166. The van der Waals surface area contributed by atoms with Gasteiger partial charge in [-0.25, -0.2) is 15.2 Å². The second kappa shape index (κ2) is 28.0. The molecule has 0 spiro atoms. The van der Waals surface area contributed by atoms with Crippen LogP contribution in [0.5, 0.6) is 0 Å². The average Bonchev–Trinajstić information content (AvgIpc) is 3.10. The van der Waals surface area contributed by atoms with Gasteiger partial charge in [-0.1, -0.05) is 6.42 Å². The topological polar surface area (TPSA) is 219 Å². The summed E-state index contributed by atoms with van der Waals surface area (Å²) in [5.41, 5.74) is 1.52. The first kappa shape index (κ1) is 45.4. The number of unbranched alkanes of at least 4 members (excludes halogenated alkanes) is 6. The van der Waals surface area contributed by atoms with Crippen LogP contribution in [0.15, 0.2) is 29.3 Å². The number of nitrogens with one attached hydrogen (secondary N) is 4. The van der Waals surface area contributed by atoms with Crippen LogP contribution in [-0.2, 0) is 19.2 Å². The number of rotatable bonds is 27. The molecule has 0 aliphatic heterocycles. The van der Waals surface area contributed by atoms with Gasteiger partial charge in [0, 0.05) is 64.6 Å². The van der Waals surface area contributed by atoms with E-state index in [4.69, 9.17) is 12.2 Å². The van der Waals surface area contributed by atoms with E-state index < -0.39 is 23.9 Å². The lowest BCUT2D eigenvalue weighted by Crippen LogP contribution is -2.33. The molecule has 0 aliphatic carbocycles. The molecular weight excluding hydrogens is 701 g/mol. The van der Waals surface area contributed by atoms with E-state index in [0.717, 1.165) is 18.5 Å². The zero-order chi connectivity index (χ0) is 37.9. The van der Waals surface area contributed by atoms with Crippen molar-refractivity contribution in [3.8, 4) is 0 Å². The fraction of sp³-hybridized carbons (Fsp3) is 0.636. The molecule has 1 aromatic rings. The van der Waals surface area contributed by atoms with Gasteiger partial charge in [-0.15, -0.1) is 0 Å². The summed E-state index contributed by atoms with van der Waals surface area (Å²) in [4.78, 5) is 51.0. The molecule has 0 aromatic heterocycles. The Morgan fingerprint density at radius 1 is 0.745 bits per heavy atom. The zero-order valence-electron chi connectivity index (χ0n) is 29.3. The van der Waals surface area contributed by atoms with Crippen LogP contribution in [-0.4, -0.2) is 115 Å². The number of aliphatic hydroxyl groups is 1. The second-order valence-corrected chi connectivity index (χ2v) is 12.4.